The Kier molecular flexibility index (Phi) is 6.35. The number of nitro groups is 1. The van der Waals surface area contributed by atoms with Gasteiger partial charge in [0.2, 0.25) is 5.91 Å². The van der Waals surface area contributed by atoms with Gasteiger partial charge in [0.05, 0.1) is 9.82 Å². The first-order chi connectivity index (χ1) is 11.4. The smallest absolute Gasteiger partial charge is 0.378 e. The SMILES string of the molecule is CC(C)C(=O)NCCNc1ccc(S(=O)(=O)C(F)(F)F)cc1[N+](=O)[O-]. The molecule has 0 bridgehead atoms. The molecule has 1 amide bonds. The van der Waals surface area contributed by atoms with Gasteiger partial charge in [-0.2, -0.15) is 13.2 Å². The van der Waals surface area contributed by atoms with Gasteiger partial charge < -0.3 is 10.6 Å². The molecule has 0 saturated carbocycles. The van der Waals surface area contributed by atoms with Crippen LogP contribution in [-0.4, -0.2) is 37.8 Å². The molecule has 0 aliphatic rings. The molecule has 12 heteroatoms. The molecule has 8 nitrogen and oxygen atoms in total. The lowest BCUT2D eigenvalue weighted by atomic mass is 10.2. The molecular weight excluding hydrogens is 367 g/mol. The van der Waals surface area contributed by atoms with Crippen LogP contribution >= 0.6 is 0 Å². The minimum atomic E-state index is -5.68. The summed E-state index contributed by atoms with van der Waals surface area (Å²) < 4.78 is 60.2. The highest BCUT2D eigenvalue weighted by atomic mass is 32.2. The first-order valence-electron chi connectivity index (χ1n) is 6.99. The molecule has 0 aliphatic carbocycles. The summed E-state index contributed by atoms with van der Waals surface area (Å²) in [6, 6.07) is 1.85. The number of hydrogen-bond acceptors (Lipinski definition) is 6. The molecule has 1 aromatic rings. The third-order valence-corrected chi connectivity index (χ3v) is 4.53. The van der Waals surface area contributed by atoms with Crippen LogP contribution in [0.1, 0.15) is 13.8 Å². The molecule has 0 radical (unpaired) electrons. The zero-order valence-electron chi connectivity index (χ0n) is 13.3. The van der Waals surface area contributed by atoms with E-state index in [4.69, 9.17) is 0 Å². The van der Waals surface area contributed by atoms with E-state index in [-0.39, 0.29) is 30.6 Å². The van der Waals surface area contributed by atoms with Crippen LogP contribution in [0.15, 0.2) is 23.1 Å². The van der Waals surface area contributed by atoms with Gasteiger partial charge in [-0.1, -0.05) is 13.8 Å². The van der Waals surface area contributed by atoms with Crippen LogP contribution in [0.25, 0.3) is 0 Å². The molecule has 0 atom stereocenters. The van der Waals surface area contributed by atoms with Crippen molar-refractivity contribution in [3.05, 3.63) is 28.3 Å². The van der Waals surface area contributed by atoms with E-state index in [1.54, 1.807) is 13.8 Å². The lowest BCUT2D eigenvalue weighted by Gasteiger charge is -2.12. The number of sulfone groups is 1. The summed E-state index contributed by atoms with van der Waals surface area (Å²) in [7, 11) is -5.68. The van der Waals surface area contributed by atoms with Crippen LogP contribution in [0.3, 0.4) is 0 Å². The van der Waals surface area contributed by atoms with E-state index < -0.39 is 30.9 Å². The number of nitrogens with one attached hydrogen (secondary N) is 2. The summed E-state index contributed by atoms with van der Waals surface area (Å²) in [6.07, 6.45) is 0. The molecule has 0 saturated heterocycles. The molecule has 140 valence electrons. The van der Waals surface area contributed by atoms with Crippen molar-refractivity contribution in [3.63, 3.8) is 0 Å². The number of hydrogen-bond donors (Lipinski definition) is 2. The predicted octanol–water partition coefficient (Wildman–Crippen LogP) is 2.07. The zero-order valence-corrected chi connectivity index (χ0v) is 14.1. The summed E-state index contributed by atoms with van der Waals surface area (Å²) in [4.78, 5) is 20.1. The Bertz CT molecular complexity index is 763. The zero-order chi connectivity index (χ0) is 19.4. The molecule has 0 spiro atoms. The Labute approximate surface area is 141 Å². The van der Waals surface area contributed by atoms with Gasteiger partial charge in [-0.25, -0.2) is 8.42 Å². The van der Waals surface area contributed by atoms with Gasteiger partial charge in [-0.3, -0.25) is 14.9 Å². The van der Waals surface area contributed by atoms with E-state index in [0.717, 1.165) is 6.07 Å². The Morgan fingerprint density at radius 1 is 1.28 bits per heavy atom. The molecule has 0 heterocycles. The fourth-order valence-electron chi connectivity index (χ4n) is 1.70. The van der Waals surface area contributed by atoms with Gasteiger partial charge >= 0.3 is 5.51 Å². The maximum Gasteiger partial charge on any atom is 0.501 e. The molecule has 25 heavy (non-hydrogen) atoms. The number of rotatable bonds is 7. The third kappa shape index (κ3) is 5.05. The van der Waals surface area contributed by atoms with Crippen molar-refractivity contribution in [1.82, 2.24) is 5.32 Å². The lowest BCUT2D eigenvalue weighted by molar-refractivity contribution is -0.384. The average molecular weight is 383 g/mol. The van der Waals surface area contributed by atoms with Crippen molar-refractivity contribution >= 4 is 27.1 Å². The summed E-state index contributed by atoms with van der Waals surface area (Å²) in [5, 5.41) is 16.1. The Morgan fingerprint density at radius 3 is 2.36 bits per heavy atom. The van der Waals surface area contributed by atoms with Crippen LogP contribution in [-0.2, 0) is 14.6 Å². The second-order valence-electron chi connectivity index (χ2n) is 5.26. The number of nitrogens with zero attached hydrogens (tertiary/aromatic N) is 1. The monoisotopic (exact) mass is 383 g/mol. The number of carbonyl (C=O) groups is 1. The molecular formula is C13H16F3N3O5S. The normalized spacial score (nSPS) is 12.1. The van der Waals surface area contributed by atoms with Crippen LogP contribution in [0.2, 0.25) is 0 Å². The topological polar surface area (TPSA) is 118 Å². The molecule has 0 unspecified atom stereocenters. The van der Waals surface area contributed by atoms with Crippen LogP contribution in [0, 0.1) is 16.0 Å². The standard InChI is InChI=1S/C13H16F3N3O5S/c1-8(2)12(20)18-6-5-17-10-4-3-9(7-11(10)19(21)22)25(23,24)13(14,15)16/h3-4,7-8,17H,5-6H2,1-2H3,(H,18,20). The fourth-order valence-corrected chi connectivity index (χ4v) is 2.48. The van der Waals surface area contributed by atoms with Crippen molar-refractivity contribution in [2.24, 2.45) is 5.92 Å². The summed E-state index contributed by atoms with van der Waals surface area (Å²) in [6.45, 7) is 3.53. The van der Waals surface area contributed by atoms with Gasteiger partial charge in [0.25, 0.3) is 15.5 Å². The molecule has 0 aromatic heterocycles. The van der Waals surface area contributed by atoms with Crippen molar-refractivity contribution in [2.45, 2.75) is 24.3 Å². The Hall–Kier alpha value is -2.37. The van der Waals surface area contributed by atoms with E-state index in [2.05, 4.69) is 10.6 Å². The lowest BCUT2D eigenvalue weighted by Crippen LogP contribution is -2.32. The Balaban J connectivity index is 2.97. The van der Waals surface area contributed by atoms with Crippen molar-refractivity contribution < 1.29 is 31.3 Å². The number of halogens is 3. The van der Waals surface area contributed by atoms with E-state index >= 15 is 0 Å². The quantitative estimate of drug-likeness (QED) is 0.423. The summed E-state index contributed by atoms with van der Waals surface area (Å²) in [5.74, 6) is -0.482. The van der Waals surface area contributed by atoms with E-state index in [1.165, 1.54) is 0 Å². The molecule has 2 N–H and O–H groups in total. The van der Waals surface area contributed by atoms with E-state index in [9.17, 15) is 36.5 Å². The van der Waals surface area contributed by atoms with Crippen LogP contribution < -0.4 is 10.6 Å². The fraction of sp³-hybridized carbons (Fsp3) is 0.462. The average Bonchev–Trinajstić information content (AvgIpc) is 2.49. The van der Waals surface area contributed by atoms with Gasteiger partial charge in [-0.15, -0.1) is 0 Å². The van der Waals surface area contributed by atoms with Crippen LogP contribution in [0.4, 0.5) is 24.5 Å². The highest BCUT2D eigenvalue weighted by Crippen LogP contribution is 2.34. The highest BCUT2D eigenvalue weighted by molar-refractivity contribution is 7.92. The van der Waals surface area contributed by atoms with Gasteiger partial charge in [0.15, 0.2) is 0 Å². The molecule has 0 fully saturated rings. The predicted molar refractivity (Wildman–Crippen MR) is 82.7 cm³/mol. The molecule has 0 aliphatic heterocycles. The molecule has 1 aromatic carbocycles. The van der Waals surface area contributed by atoms with E-state index in [0.29, 0.717) is 12.1 Å². The van der Waals surface area contributed by atoms with Gasteiger partial charge in [0.1, 0.15) is 5.69 Å². The maximum atomic E-state index is 12.5. The summed E-state index contributed by atoms with van der Waals surface area (Å²) >= 11 is 0. The number of nitro benzene ring substituents is 1. The van der Waals surface area contributed by atoms with Crippen molar-refractivity contribution in [3.8, 4) is 0 Å². The number of anilines is 1. The largest absolute Gasteiger partial charge is 0.501 e. The van der Waals surface area contributed by atoms with Crippen molar-refractivity contribution in [2.75, 3.05) is 18.4 Å². The van der Waals surface area contributed by atoms with Crippen molar-refractivity contribution in [1.29, 1.82) is 0 Å². The number of alkyl halides is 3. The maximum absolute atomic E-state index is 12.5. The Morgan fingerprint density at radius 2 is 1.88 bits per heavy atom. The van der Waals surface area contributed by atoms with E-state index in [1.807, 2.05) is 0 Å². The second kappa shape index (κ2) is 7.68. The minimum Gasteiger partial charge on any atom is -0.378 e. The second-order valence-corrected chi connectivity index (χ2v) is 7.20. The third-order valence-electron chi connectivity index (χ3n) is 3.04. The number of carbonyl (C=O) groups excluding carboxylic acids is 1. The van der Waals surface area contributed by atoms with Gasteiger partial charge in [0, 0.05) is 25.1 Å². The summed E-state index contributed by atoms with van der Waals surface area (Å²) in [5.41, 5.74) is -6.54. The first-order valence-corrected chi connectivity index (χ1v) is 8.47. The molecule has 1 rings (SSSR count). The number of benzene rings is 1. The minimum absolute atomic E-state index is 0.0602. The first kappa shape index (κ1) is 20.7. The van der Waals surface area contributed by atoms with Gasteiger partial charge in [-0.05, 0) is 12.1 Å². The highest BCUT2D eigenvalue weighted by Gasteiger charge is 2.47. The van der Waals surface area contributed by atoms with Crippen LogP contribution in [0.5, 0.6) is 0 Å². The number of amides is 1.